The largest absolute Gasteiger partial charge is 0.497 e. The van der Waals surface area contributed by atoms with Crippen LogP contribution in [0.25, 0.3) is 0 Å². The van der Waals surface area contributed by atoms with E-state index in [1.54, 1.807) is 31.4 Å². The summed E-state index contributed by atoms with van der Waals surface area (Å²) >= 11 is 0. The number of hydrogen-bond donors (Lipinski definition) is 1. The van der Waals surface area contributed by atoms with Gasteiger partial charge in [-0.15, -0.1) is 0 Å². The molecule has 0 spiro atoms. The zero-order chi connectivity index (χ0) is 22.1. The maximum Gasteiger partial charge on any atom is 0.262 e. The summed E-state index contributed by atoms with van der Waals surface area (Å²) < 4.78 is 17.0. The van der Waals surface area contributed by atoms with Crippen molar-refractivity contribution in [3.8, 4) is 17.2 Å². The molecule has 0 unspecified atom stereocenters. The van der Waals surface area contributed by atoms with E-state index in [1.807, 2.05) is 26.0 Å². The van der Waals surface area contributed by atoms with Gasteiger partial charge >= 0.3 is 0 Å². The van der Waals surface area contributed by atoms with E-state index >= 15 is 0 Å². The first kappa shape index (κ1) is 21.7. The lowest BCUT2D eigenvalue weighted by Gasteiger charge is -2.31. The first-order valence-corrected chi connectivity index (χ1v) is 9.96. The van der Waals surface area contributed by atoms with Gasteiger partial charge in [0.05, 0.1) is 19.1 Å². The molecule has 0 saturated heterocycles. The van der Waals surface area contributed by atoms with Crippen LogP contribution in [0.15, 0.2) is 36.4 Å². The van der Waals surface area contributed by atoms with Crippen molar-refractivity contribution in [2.75, 3.05) is 19.0 Å². The number of Topliss-reactive ketones (excluding diaryl/α,β-unsaturated/α-hetero) is 1. The highest BCUT2D eigenvalue weighted by atomic mass is 16.5. The first-order chi connectivity index (χ1) is 14.0. The summed E-state index contributed by atoms with van der Waals surface area (Å²) in [6.07, 6.45) is 0.299. The average Bonchev–Trinajstić information content (AvgIpc) is 2.65. The lowest BCUT2D eigenvalue weighted by Crippen LogP contribution is -2.35. The Bertz CT molecular complexity index is 972. The minimum atomic E-state index is -0.522. The standard InChI is InChI=1S/C24H29NO5/c1-23(2,3)18-12-16(28-6)8-10-21(18)29-14-22(27)25-15-7-9-20-17(11-15)19(26)13-24(4,5)30-20/h7-12H,13-14H2,1-6H3,(H,25,27). The van der Waals surface area contributed by atoms with Crippen LogP contribution in [-0.4, -0.2) is 31.0 Å². The third kappa shape index (κ3) is 4.93. The van der Waals surface area contributed by atoms with Gasteiger partial charge in [-0.25, -0.2) is 0 Å². The summed E-state index contributed by atoms with van der Waals surface area (Å²) in [6.45, 7) is 9.83. The molecule has 1 amide bonds. The molecule has 0 fully saturated rings. The number of ether oxygens (including phenoxy) is 3. The van der Waals surface area contributed by atoms with Crippen LogP contribution in [-0.2, 0) is 10.2 Å². The predicted molar refractivity (Wildman–Crippen MR) is 116 cm³/mol. The number of hydrogen-bond acceptors (Lipinski definition) is 5. The summed E-state index contributed by atoms with van der Waals surface area (Å²) in [6, 6.07) is 10.6. The predicted octanol–water partition coefficient (Wildman–Crippen LogP) is 4.75. The number of carbonyl (C=O) groups is 2. The molecule has 0 atom stereocenters. The van der Waals surface area contributed by atoms with Gasteiger partial charge in [0, 0.05) is 11.3 Å². The number of fused-ring (bicyclic) bond motifs is 1. The summed E-state index contributed by atoms with van der Waals surface area (Å²) in [5.41, 5.74) is 1.27. The fourth-order valence-corrected chi connectivity index (χ4v) is 3.42. The summed E-state index contributed by atoms with van der Waals surface area (Å²) in [5, 5.41) is 2.79. The number of ketones is 1. The Hall–Kier alpha value is -3.02. The van der Waals surface area contributed by atoms with Gasteiger partial charge < -0.3 is 19.5 Å². The maximum atomic E-state index is 12.4. The molecule has 0 saturated carbocycles. The highest BCUT2D eigenvalue weighted by Gasteiger charge is 2.32. The lowest BCUT2D eigenvalue weighted by atomic mass is 9.86. The number of methoxy groups -OCH3 is 1. The van der Waals surface area contributed by atoms with Gasteiger partial charge in [0.25, 0.3) is 5.91 Å². The summed E-state index contributed by atoms with van der Waals surface area (Å²) in [7, 11) is 1.62. The van der Waals surface area contributed by atoms with E-state index in [0.717, 1.165) is 11.3 Å². The number of carbonyl (C=O) groups excluding carboxylic acids is 2. The van der Waals surface area contributed by atoms with E-state index in [4.69, 9.17) is 14.2 Å². The second-order valence-electron chi connectivity index (χ2n) is 9.12. The molecule has 1 aliphatic heterocycles. The van der Waals surface area contributed by atoms with Gasteiger partial charge in [0.15, 0.2) is 12.4 Å². The van der Waals surface area contributed by atoms with Gasteiger partial charge in [-0.05, 0) is 55.7 Å². The molecule has 1 aliphatic rings. The summed E-state index contributed by atoms with van der Waals surface area (Å²) in [4.78, 5) is 24.9. The number of anilines is 1. The van der Waals surface area contributed by atoms with E-state index in [9.17, 15) is 9.59 Å². The third-order valence-corrected chi connectivity index (χ3v) is 4.89. The van der Waals surface area contributed by atoms with Crippen LogP contribution >= 0.6 is 0 Å². The molecule has 6 nitrogen and oxygen atoms in total. The van der Waals surface area contributed by atoms with Gasteiger partial charge in [0.2, 0.25) is 0 Å². The number of benzene rings is 2. The first-order valence-electron chi connectivity index (χ1n) is 9.96. The summed E-state index contributed by atoms with van der Waals surface area (Å²) in [5.74, 6) is 1.60. The van der Waals surface area contributed by atoms with Crippen molar-refractivity contribution >= 4 is 17.4 Å². The minimum absolute atomic E-state index is 0.00153. The Morgan fingerprint density at radius 1 is 1.17 bits per heavy atom. The molecule has 160 valence electrons. The molecule has 6 heteroatoms. The van der Waals surface area contributed by atoms with Crippen LogP contribution in [0.4, 0.5) is 5.69 Å². The molecule has 0 aromatic heterocycles. The highest BCUT2D eigenvalue weighted by Crippen LogP contribution is 2.35. The van der Waals surface area contributed by atoms with Crippen molar-refractivity contribution in [3.63, 3.8) is 0 Å². The van der Waals surface area contributed by atoms with Crippen LogP contribution in [0.2, 0.25) is 0 Å². The molecule has 2 aromatic carbocycles. The quantitative estimate of drug-likeness (QED) is 0.768. The number of rotatable bonds is 5. The molecule has 0 bridgehead atoms. The molecule has 0 radical (unpaired) electrons. The molecular weight excluding hydrogens is 382 g/mol. The van der Waals surface area contributed by atoms with E-state index in [0.29, 0.717) is 29.2 Å². The van der Waals surface area contributed by atoms with Crippen molar-refractivity contribution in [2.24, 2.45) is 0 Å². The Morgan fingerprint density at radius 3 is 2.57 bits per heavy atom. The van der Waals surface area contributed by atoms with Crippen LogP contribution in [0.1, 0.15) is 57.0 Å². The zero-order valence-electron chi connectivity index (χ0n) is 18.4. The van der Waals surface area contributed by atoms with Gasteiger partial charge in [0.1, 0.15) is 22.8 Å². The second kappa shape index (κ2) is 8.01. The van der Waals surface area contributed by atoms with Crippen LogP contribution < -0.4 is 19.5 Å². The average molecular weight is 411 g/mol. The fourth-order valence-electron chi connectivity index (χ4n) is 3.42. The van der Waals surface area contributed by atoms with Gasteiger partial charge in [-0.1, -0.05) is 20.8 Å². The maximum absolute atomic E-state index is 12.4. The fraction of sp³-hybridized carbons (Fsp3) is 0.417. The molecule has 1 heterocycles. The van der Waals surface area contributed by atoms with Crippen LogP contribution in [0, 0.1) is 0 Å². The van der Waals surface area contributed by atoms with Gasteiger partial charge in [-0.2, -0.15) is 0 Å². The van der Waals surface area contributed by atoms with E-state index in [2.05, 4.69) is 26.1 Å². The van der Waals surface area contributed by atoms with E-state index < -0.39 is 5.60 Å². The molecule has 3 rings (SSSR count). The highest BCUT2D eigenvalue weighted by molar-refractivity contribution is 6.02. The second-order valence-corrected chi connectivity index (χ2v) is 9.12. The third-order valence-electron chi connectivity index (χ3n) is 4.89. The Labute approximate surface area is 177 Å². The van der Waals surface area contributed by atoms with E-state index in [1.165, 1.54) is 0 Å². The van der Waals surface area contributed by atoms with Crippen LogP contribution in [0.3, 0.4) is 0 Å². The smallest absolute Gasteiger partial charge is 0.262 e. The molecule has 30 heavy (non-hydrogen) atoms. The van der Waals surface area contributed by atoms with Crippen molar-refractivity contribution in [3.05, 3.63) is 47.5 Å². The SMILES string of the molecule is COc1ccc(OCC(=O)Nc2ccc3c(c2)C(=O)CC(C)(C)O3)c(C(C)(C)C)c1. The van der Waals surface area contributed by atoms with Crippen molar-refractivity contribution < 1.29 is 23.8 Å². The van der Waals surface area contributed by atoms with E-state index in [-0.39, 0.29) is 23.7 Å². The lowest BCUT2D eigenvalue weighted by molar-refractivity contribution is -0.118. The number of amides is 1. The normalized spacial score (nSPS) is 15.1. The topological polar surface area (TPSA) is 73.9 Å². The molecule has 0 aliphatic carbocycles. The Balaban J connectivity index is 1.69. The molecular formula is C24H29NO5. The van der Waals surface area contributed by atoms with Crippen molar-refractivity contribution in [1.82, 2.24) is 0 Å². The zero-order valence-corrected chi connectivity index (χ0v) is 18.4. The van der Waals surface area contributed by atoms with Crippen LogP contribution in [0.5, 0.6) is 17.2 Å². The number of nitrogens with one attached hydrogen (secondary N) is 1. The minimum Gasteiger partial charge on any atom is -0.497 e. The monoisotopic (exact) mass is 411 g/mol. The Morgan fingerprint density at radius 2 is 1.90 bits per heavy atom. The van der Waals surface area contributed by atoms with Crippen molar-refractivity contribution in [1.29, 1.82) is 0 Å². The molecule has 2 aromatic rings. The Kier molecular flexibility index (Phi) is 5.79. The van der Waals surface area contributed by atoms with Gasteiger partial charge in [-0.3, -0.25) is 9.59 Å². The molecule has 1 N–H and O–H groups in total. The van der Waals surface area contributed by atoms with Crippen molar-refractivity contribution in [2.45, 2.75) is 52.1 Å².